The fourth-order valence-electron chi connectivity index (χ4n) is 4.03. The highest BCUT2D eigenvalue weighted by Crippen LogP contribution is 2.30. The van der Waals surface area contributed by atoms with E-state index in [1.807, 2.05) is 4.90 Å². The Morgan fingerprint density at radius 1 is 1.31 bits per heavy atom. The molecule has 0 saturated carbocycles. The summed E-state index contributed by atoms with van der Waals surface area (Å²) >= 11 is 0. The second kappa shape index (κ2) is 7.04. The third kappa shape index (κ3) is 3.38. The zero-order valence-electron chi connectivity index (χ0n) is 15.2. The molecule has 2 aromatic rings. The van der Waals surface area contributed by atoms with E-state index in [4.69, 9.17) is 0 Å². The molecule has 0 aromatic carbocycles. The molecular weight excluding hydrogens is 354 g/mol. The van der Waals surface area contributed by atoms with Crippen LogP contribution in [0.25, 0.3) is 5.65 Å². The van der Waals surface area contributed by atoms with Gasteiger partial charge in [-0.05, 0) is 37.8 Å². The number of nitrogens with zero attached hydrogens (tertiary/aromatic N) is 3. The lowest BCUT2D eigenvalue weighted by atomic mass is 9.93. The van der Waals surface area contributed by atoms with Crippen molar-refractivity contribution in [2.45, 2.75) is 39.0 Å². The van der Waals surface area contributed by atoms with Gasteiger partial charge in [0.05, 0.1) is 11.9 Å². The number of nitrogens with one attached hydrogen (secondary N) is 2. The summed E-state index contributed by atoms with van der Waals surface area (Å²) in [4.78, 5) is 29.8. The highest BCUT2D eigenvalue weighted by atomic mass is 35.5. The van der Waals surface area contributed by atoms with Gasteiger partial charge in [-0.25, -0.2) is 4.52 Å². The first kappa shape index (κ1) is 18.9. The quantitative estimate of drug-likeness (QED) is 0.833. The molecule has 8 heteroatoms. The lowest BCUT2D eigenvalue weighted by Gasteiger charge is -2.23. The van der Waals surface area contributed by atoms with Crippen molar-refractivity contribution < 1.29 is 4.79 Å². The van der Waals surface area contributed by atoms with Crippen molar-refractivity contribution in [3.05, 3.63) is 33.9 Å². The largest absolute Gasteiger partial charge is 0.338 e. The van der Waals surface area contributed by atoms with Gasteiger partial charge in [-0.15, -0.1) is 12.4 Å². The second-order valence-electron chi connectivity index (χ2n) is 8.04. The Bertz CT molecular complexity index is 866. The molecule has 0 bridgehead atoms. The van der Waals surface area contributed by atoms with Gasteiger partial charge in [-0.3, -0.25) is 9.59 Å². The van der Waals surface area contributed by atoms with Crippen LogP contribution in [-0.4, -0.2) is 51.6 Å². The van der Waals surface area contributed by atoms with Crippen molar-refractivity contribution >= 4 is 24.0 Å². The summed E-state index contributed by atoms with van der Waals surface area (Å²) in [5, 5.41) is 7.78. The molecule has 1 amide bonds. The standard InChI is InChI=1S/C18H25N5O2.ClH/c1-18(2)5-8-22(11-18)17(25)13-10-20-23-14(9-15(24)21-16(13)23)12-3-6-19-7-4-12;/h9-10,12,19H,3-8,11H2,1-2H3,(H,21,24);1H. The van der Waals surface area contributed by atoms with Crippen LogP contribution in [0.5, 0.6) is 0 Å². The van der Waals surface area contributed by atoms with Crippen LogP contribution in [-0.2, 0) is 0 Å². The minimum Gasteiger partial charge on any atom is -0.338 e. The molecule has 4 rings (SSSR count). The number of aromatic amines is 1. The maximum absolute atomic E-state index is 12.9. The van der Waals surface area contributed by atoms with Gasteiger partial charge in [0.2, 0.25) is 0 Å². The number of carbonyl (C=O) groups is 1. The molecule has 26 heavy (non-hydrogen) atoms. The van der Waals surface area contributed by atoms with E-state index in [2.05, 4.69) is 29.2 Å². The van der Waals surface area contributed by atoms with Crippen LogP contribution in [0.4, 0.5) is 0 Å². The molecule has 0 radical (unpaired) electrons. The highest BCUT2D eigenvalue weighted by molar-refractivity contribution is 5.99. The van der Waals surface area contributed by atoms with Crippen molar-refractivity contribution in [3.8, 4) is 0 Å². The maximum atomic E-state index is 12.9. The van der Waals surface area contributed by atoms with Gasteiger partial charge in [-0.2, -0.15) is 5.10 Å². The fourth-order valence-corrected chi connectivity index (χ4v) is 4.03. The minimum atomic E-state index is -0.169. The number of halogens is 1. The Morgan fingerprint density at radius 2 is 2.04 bits per heavy atom. The average Bonchev–Trinajstić information content (AvgIpc) is 3.17. The maximum Gasteiger partial charge on any atom is 0.259 e. The molecule has 2 N–H and O–H groups in total. The Labute approximate surface area is 158 Å². The van der Waals surface area contributed by atoms with Crippen molar-refractivity contribution in [2.75, 3.05) is 26.2 Å². The van der Waals surface area contributed by atoms with E-state index in [9.17, 15) is 9.59 Å². The van der Waals surface area contributed by atoms with Crippen LogP contribution < -0.4 is 10.9 Å². The van der Waals surface area contributed by atoms with E-state index in [0.717, 1.165) is 51.1 Å². The summed E-state index contributed by atoms with van der Waals surface area (Å²) < 4.78 is 1.76. The third-order valence-corrected chi connectivity index (χ3v) is 5.49. The number of hydrogen-bond donors (Lipinski definition) is 2. The molecule has 0 atom stereocenters. The molecule has 4 heterocycles. The van der Waals surface area contributed by atoms with Crippen molar-refractivity contribution in [1.82, 2.24) is 24.8 Å². The molecule has 2 aromatic heterocycles. The van der Waals surface area contributed by atoms with Crippen LogP contribution in [0.2, 0.25) is 0 Å². The number of likely N-dealkylation sites (tertiary alicyclic amines) is 1. The summed E-state index contributed by atoms with van der Waals surface area (Å²) in [5.74, 6) is 0.248. The molecule has 2 aliphatic heterocycles. The normalized spacial score (nSPS) is 20.3. The fraction of sp³-hybridized carbons (Fsp3) is 0.611. The first-order chi connectivity index (χ1) is 11.9. The zero-order chi connectivity index (χ0) is 17.6. The van der Waals surface area contributed by atoms with Gasteiger partial charge < -0.3 is 15.2 Å². The summed E-state index contributed by atoms with van der Waals surface area (Å²) in [5.41, 5.74) is 1.89. The molecule has 0 spiro atoms. The topological polar surface area (TPSA) is 82.5 Å². The number of aromatic nitrogens is 3. The van der Waals surface area contributed by atoms with Gasteiger partial charge in [-0.1, -0.05) is 13.8 Å². The summed E-state index contributed by atoms with van der Waals surface area (Å²) in [7, 11) is 0. The lowest BCUT2D eigenvalue weighted by Crippen LogP contribution is -2.31. The molecule has 0 unspecified atom stereocenters. The predicted octanol–water partition coefficient (Wildman–Crippen LogP) is 1.78. The third-order valence-electron chi connectivity index (χ3n) is 5.49. The molecule has 2 fully saturated rings. The van der Waals surface area contributed by atoms with E-state index in [1.165, 1.54) is 0 Å². The van der Waals surface area contributed by atoms with E-state index >= 15 is 0 Å². The number of fused-ring (bicyclic) bond motifs is 1. The van der Waals surface area contributed by atoms with Gasteiger partial charge in [0, 0.05) is 25.1 Å². The summed E-state index contributed by atoms with van der Waals surface area (Å²) in [6.07, 6.45) is 4.54. The first-order valence-corrected chi connectivity index (χ1v) is 9.06. The van der Waals surface area contributed by atoms with Crippen molar-refractivity contribution in [1.29, 1.82) is 0 Å². The molecule has 2 aliphatic rings. The molecule has 142 valence electrons. The summed E-state index contributed by atoms with van der Waals surface area (Å²) in [6.45, 7) is 7.72. The van der Waals surface area contributed by atoms with Crippen molar-refractivity contribution in [3.63, 3.8) is 0 Å². The number of hydrogen-bond acceptors (Lipinski definition) is 4. The number of carbonyl (C=O) groups excluding carboxylic acids is 1. The lowest BCUT2D eigenvalue weighted by molar-refractivity contribution is 0.0780. The van der Waals surface area contributed by atoms with Crippen LogP contribution in [0, 0.1) is 5.41 Å². The van der Waals surface area contributed by atoms with E-state index in [1.54, 1.807) is 16.8 Å². The Balaban J connectivity index is 0.00000196. The van der Waals surface area contributed by atoms with Crippen molar-refractivity contribution in [2.24, 2.45) is 5.41 Å². The number of rotatable bonds is 2. The SMILES string of the molecule is CC1(C)CCN(C(=O)c2cnn3c(C4CCNCC4)cc(=O)[nH]c23)C1.Cl. The smallest absolute Gasteiger partial charge is 0.259 e. The Hall–Kier alpha value is -1.86. The molecule has 7 nitrogen and oxygen atoms in total. The minimum absolute atomic E-state index is 0. The Morgan fingerprint density at radius 3 is 2.69 bits per heavy atom. The number of amides is 1. The number of H-pyrrole nitrogens is 1. The second-order valence-corrected chi connectivity index (χ2v) is 8.04. The Kier molecular flexibility index (Phi) is 5.12. The van der Waals surface area contributed by atoms with Gasteiger partial charge in [0.25, 0.3) is 11.5 Å². The van der Waals surface area contributed by atoms with E-state index in [-0.39, 0.29) is 29.3 Å². The van der Waals surface area contributed by atoms with Gasteiger partial charge in [0.1, 0.15) is 11.2 Å². The zero-order valence-corrected chi connectivity index (χ0v) is 16.1. The van der Waals surface area contributed by atoms with Crippen LogP contribution in [0.1, 0.15) is 55.1 Å². The summed E-state index contributed by atoms with van der Waals surface area (Å²) in [6, 6.07) is 1.63. The van der Waals surface area contributed by atoms with Gasteiger partial charge >= 0.3 is 0 Å². The van der Waals surface area contributed by atoms with Gasteiger partial charge in [0.15, 0.2) is 0 Å². The van der Waals surface area contributed by atoms with E-state index in [0.29, 0.717) is 17.1 Å². The highest BCUT2D eigenvalue weighted by Gasteiger charge is 2.34. The molecular formula is C18H26ClN5O2. The molecule has 2 saturated heterocycles. The molecule has 0 aliphatic carbocycles. The van der Waals surface area contributed by atoms with Crippen LogP contribution in [0.3, 0.4) is 0 Å². The van der Waals surface area contributed by atoms with Crippen LogP contribution in [0.15, 0.2) is 17.1 Å². The van der Waals surface area contributed by atoms with E-state index < -0.39 is 0 Å². The monoisotopic (exact) mass is 379 g/mol. The van der Waals surface area contributed by atoms with Crippen LogP contribution >= 0.6 is 12.4 Å². The number of piperidine rings is 1. The average molecular weight is 380 g/mol. The first-order valence-electron chi connectivity index (χ1n) is 9.06. The predicted molar refractivity (Wildman–Crippen MR) is 102 cm³/mol.